The highest BCUT2D eigenvalue weighted by Crippen LogP contribution is 2.22. The first kappa shape index (κ1) is 15.6. The summed E-state index contributed by atoms with van der Waals surface area (Å²) in [7, 11) is 0. The molecule has 6 heteroatoms. The van der Waals surface area contributed by atoms with E-state index in [0.717, 1.165) is 24.3 Å². The Morgan fingerprint density at radius 1 is 1.30 bits per heavy atom. The van der Waals surface area contributed by atoms with E-state index in [9.17, 15) is 9.18 Å². The number of primary amides is 1. The number of carbonyl (C=O) groups excluding carboxylic acids is 1. The molecular formula is C17H18FN3O2. The van der Waals surface area contributed by atoms with Crippen molar-refractivity contribution in [2.24, 2.45) is 5.73 Å². The number of ether oxygens (including phenoxy) is 1. The van der Waals surface area contributed by atoms with Crippen molar-refractivity contribution < 1.29 is 13.9 Å². The number of hydrogen-bond acceptors (Lipinski definition) is 4. The Bertz CT molecular complexity index is 673. The summed E-state index contributed by atoms with van der Waals surface area (Å²) < 4.78 is 18.7. The lowest BCUT2D eigenvalue weighted by Crippen LogP contribution is -2.38. The van der Waals surface area contributed by atoms with Crippen molar-refractivity contribution in [1.82, 2.24) is 9.88 Å². The largest absolute Gasteiger partial charge is 0.369 e. The van der Waals surface area contributed by atoms with Crippen LogP contribution in [0.1, 0.15) is 27.7 Å². The third-order valence-corrected chi connectivity index (χ3v) is 3.87. The van der Waals surface area contributed by atoms with E-state index in [2.05, 4.69) is 9.88 Å². The van der Waals surface area contributed by atoms with E-state index in [1.807, 2.05) is 0 Å². The van der Waals surface area contributed by atoms with Gasteiger partial charge < -0.3 is 10.5 Å². The molecule has 120 valence electrons. The molecule has 1 atom stereocenters. The van der Waals surface area contributed by atoms with Crippen LogP contribution < -0.4 is 5.73 Å². The van der Waals surface area contributed by atoms with E-state index in [-0.39, 0.29) is 11.9 Å². The standard InChI is InChI=1S/C17H18FN3O2/c18-14-4-1-12(2-5-14)10-21-7-8-23-16(11-21)15-6-3-13(9-20-15)17(19)22/h1-6,9,16H,7-8,10-11H2,(H2,19,22). The second-order valence-corrected chi connectivity index (χ2v) is 5.56. The fraction of sp³-hybridized carbons (Fsp3) is 0.294. The lowest BCUT2D eigenvalue weighted by Gasteiger charge is -2.32. The summed E-state index contributed by atoms with van der Waals surface area (Å²) in [4.78, 5) is 17.6. The van der Waals surface area contributed by atoms with Crippen molar-refractivity contribution in [2.75, 3.05) is 19.7 Å². The fourth-order valence-electron chi connectivity index (χ4n) is 2.61. The molecule has 0 aliphatic carbocycles. The van der Waals surface area contributed by atoms with Gasteiger partial charge in [-0.15, -0.1) is 0 Å². The van der Waals surface area contributed by atoms with Gasteiger partial charge in [0.15, 0.2) is 0 Å². The number of nitrogens with zero attached hydrogens (tertiary/aromatic N) is 2. The molecule has 0 radical (unpaired) electrons. The number of aromatic nitrogens is 1. The van der Waals surface area contributed by atoms with Gasteiger partial charge in [0.05, 0.1) is 17.9 Å². The summed E-state index contributed by atoms with van der Waals surface area (Å²) in [6, 6.07) is 9.95. The minimum atomic E-state index is -0.494. The third-order valence-electron chi connectivity index (χ3n) is 3.87. The van der Waals surface area contributed by atoms with E-state index < -0.39 is 5.91 Å². The first-order chi connectivity index (χ1) is 11.1. The molecule has 5 nitrogen and oxygen atoms in total. The van der Waals surface area contributed by atoms with Crippen LogP contribution in [0.2, 0.25) is 0 Å². The summed E-state index contributed by atoms with van der Waals surface area (Å²) >= 11 is 0. The number of morpholine rings is 1. The second-order valence-electron chi connectivity index (χ2n) is 5.56. The van der Waals surface area contributed by atoms with Gasteiger partial charge in [-0.25, -0.2) is 4.39 Å². The molecule has 1 aliphatic rings. The summed E-state index contributed by atoms with van der Waals surface area (Å²) in [6.07, 6.45) is 1.33. The van der Waals surface area contributed by atoms with Gasteiger partial charge in [-0.05, 0) is 29.8 Å². The van der Waals surface area contributed by atoms with E-state index in [0.29, 0.717) is 18.7 Å². The highest BCUT2D eigenvalue weighted by molar-refractivity contribution is 5.92. The molecule has 2 N–H and O–H groups in total. The van der Waals surface area contributed by atoms with Crippen molar-refractivity contribution in [3.8, 4) is 0 Å². The van der Waals surface area contributed by atoms with Gasteiger partial charge in [-0.3, -0.25) is 14.7 Å². The van der Waals surface area contributed by atoms with Crippen molar-refractivity contribution in [2.45, 2.75) is 12.6 Å². The smallest absolute Gasteiger partial charge is 0.250 e. The van der Waals surface area contributed by atoms with Crippen LogP contribution >= 0.6 is 0 Å². The predicted molar refractivity (Wildman–Crippen MR) is 83.1 cm³/mol. The highest BCUT2D eigenvalue weighted by Gasteiger charge is 2.23. The van der Waals surface area contributed by atoms with Crippen LogP contribution in [0.25, 0.3) is 0 Å². The van der Waals surface area contributed by atoms with Gasteiger partial charge in [0.2, 0.25) is 5.91 Å². The van der Waals surface area contributed by atoms with Crippen LogP contribution in [0.15, 0.2) is 42.6 Å². The minimum Gasteiger partial charge on any atom is -0.369 e. The molecule has 3 rings (SSSR count). The topological polar surface area (TPSA) is 68.5 Å². The predicted octanol–water partition coefficient (Wildman–Crippen LogP) is 1.89. The molecule has 1 amide bonds. The number of hydrogen-bond donors (Lipinski definition) is 1. The van der Waals surface area contributed by atoms with E-state index in [1.165, 1.54) is 18.3 Å². The average Bonchev–Trinajstić information content (AvgIpc) is 2.57. The van der Waals surface area contributed by atoms with E-state index in [1.54, 1.807) is 24.3 Å². The molecule has 0 bridgehead atoms. The lowest BCUT2D eigenvalue weighted by atomic mass is 10.1. The third kappa shape index (κ3) is 3.91. The van der Waals surface area contributed by atoms with Crippen molar-refractivity contribution in [3.05, 3.63) is 65.2 Å². The van der Waals surface area contributed by atoms with Gasteiger partial charge in [0.25, 0.3) is 0 Å². The van der Waals surface area contributed by atoms with E-state index in [4.69, 9.17) is 10.5 Å². The number of carbonyl (C=O) groups is 1. The quantitative estimate of drug-likeness (QED) is 0.935. The molecule has 2 aromatic rings. The Hall–Kier alpha value is -2.31. The molecule has 1 aromatic carbocycles. The molecule has 0 saturated carbocycles. The second kappa shape index (κ2) is 6.85. The van der Waals surface area contributed by atoms with Crippen molar-refractivity contribution in [3.63, 3.8) is 0 Å². The number of benzene rings is 1. The van der Waals surface area contributed by atoms with Crippen LogP contribution in [0.3, 0.4) is 0 Å². The van der Waals surface area contributed by atoms with Crippen molar-refractivity contribution >= 4 is 5.91 Å². The van der Waals surface area contributed by atoms with Gasteiger partial charge in [-0.2, -0.15) is 0 Å². The number of halogens is 1. The summed E-state index contributed by atoms with van der Waals surface area (Å²) in [5.41, 5.74) is 7.43. The monoisotopic (exact) mass is 315 g/mol. The SMILES string of the molecule is NC(=O)c1ccc(C2CN(Cc3ccc(F)cc3)CCO2)nc1. The van der Waals surface area contributed by atoms with E-state index >= 15 is 0 Å². The molecule has 0 spiro atoms. The minimum absolute atomic E-state index is 0.147. The van der Waals surface area contributed by atoms with Gasteiger partial charge in [0, 0.05) is 25.8 Å². The average molecular weight is 315 g/mol. The van der Waals surface area contributed by atoms with Crippen LogP contribution in [-0.4, -0.2) is 35.5 Å². The molecule has 1 saturated heterocycles. The fourth-order valence-corrected chi connectivity index (χ4v) is 2.61. The van der Waals surface area contributed by atoms with Crippen LogP contribution in [0, 0.1) is 5.82 Å². The zero-order valence-corrected chi connectivity index (χ0v) is 12.6. The van der Waals surface area contributed by atoms with Crippen LogP contribution in [0.4, 0.5) is 4.39 Å². The lowest BCUT2D eigenvalue weighted by molar-refractivity contribution is -0.0350. The molecule has 1 aliphatic heterocycles. The van der Waals surface area contributed by atoms with Gasteiger partial charge in [0.1, 0.15) is 11.9 Å². The highest BCUT2D eigenvalue weighted by atomic mass is 19.1. The van der Waals surface area contributed by atoms with Gasteiger partial charge in [-0.1, -0.05) is 12.1 Å². The first-order valence-corrected chi connectivity index (χ1v) is 7.46. The maximum atomic E-state index is 13.0. The maximum Gasteiger partial charge on any atom is 0.250 e. The molecule has 1 aromatic heterocycles. The maximum absolute atomic E-state index is 13.0. The first-order valence-electron chi connectivity index (χ1n) is 7.46. The Labute approximate surface area is 133 Å². The molecule has 1 fully saturated rings. The summed E-state index contributed by atoms with van der Waals surface area (Å²) in [6.45, 7) is 2.85. The van der Waals surface area contributed by atoms with Crippen LogP contribution in [-0.2, 0) is 11.3 Å². The Balaban J connectivity index is 1.65. The molecule has 2 heterocycles. The Morgan fingerprint density at radius 2 is 2.09 bits per heavy atom. The molecule has 1 unspecified atom stereocenters. The number of pyridine rings is 1. The normalized spacial score (nSPS) is 18.7. The Kier molecular flexibility index (Phi) is 4.64. The number of nitrogens with two attached hydrogens (primary N) is 1. The Morgan fingerprint density at radius 3 is 2.74 bits per heavy atom. The molecular weight excluding hydrogens is 297 g/mol. The summed E-state index contributed by atoms with van der Waals surface area (Å²) in [5.74, 6) is -0.723. The zero-order chi connectivity index (χ0) is 16.2. The number of amides is 1. The molecule has 23 heavy (non-hydrogen) atoms. The van der Waals surface area contributed by atoms with Crippen LogP contribution in [0.5, 0.6) is 0 Å². The summed E-state index contributed by atoms with van der Waals surface area (Å²) in [5, 5.41) is 0. The van der Waals surface area contributed by atoms with Gasteiger partial charge >= 0.3 is 0 Å². The number of rotatable bonds is 4. The van der Waals surface area contributed by atoms with Crippen molar-refractivity contribution in [1.29, 1.82) is 0 Å². The zero-order valence-electron chi connectivity index (χ0n) is 12.6.